The van der Waals surface area contributed by atoms with Gasteiger partial charge in [-0.25, -0.2) is 4.39 Å². The van der Waals surface area contributed by atoms with Gasteiger partial charge in [0.05, 0.1) is 0 Å². The zero-order chi connectivity index (χ0) is 17.6. The van der Waals surface area contributed by atoms with Crippen LogP contribution in [0.4, 0.5) is 10.1 Å². The Hall–Kier alpha value is -1.98. The Labute approximate surface area is 149 Å². The highest BCUT2D eigenvalue weighted by Crippen LogP contribution is 2.28. The first kappa shape index (κ1) is 17.8. The second-order valence-corrected chi connectivity index (χ2v) is 6.59. The Morgan fingerprint density at radius 1 is 1.20 bits per heavy atom. The van der Waals surface area contributed by atoms with E-state index in [1.54, 1.807) is 18.3 Å². The number of pyridine rings is 1. The van der Waals surface area contributed by atoms with Gasteiger partial charge in [0.15, 0.2) is 0 Å². The Morgan fingerprint density at radius 2 is 2.00 bits per heavy atom. The largest absolute Gasteiger partial charge is 0.369 e. The Morgan fingerprint density at radius 3 is 2.68 bits per heavy atom. The molecule has 0 amide bonds. The van der Waals surface area contributed by atoms with Gasteiger partial charge in [0.1, 0.15) is 5.82 Å². The molecule has 134 valence electrons. The predicted molar refractivity (Wildman–Crippen MR) is 100 cm³/mol. The van der Waals surface area contributed by atoms with E-state index in [4.69, 9.17) is 0 Å². The van der Waals surface area contributed by atoms with Crippen molar-refractivity contribution < 1.29 is 4.39 Å². The minimum absolute atomic E-state index is 0.0649. The van der Waals surface area contributed by atoms with Gasteiger partial charge in [-0.1, -0.05) is 13.0 Å². The van der Waals surface area contributed by atoms with Gasteiger partial charge in [0.2, 0.25) is 0 Å². The molecule has 0 aliphatic carbocycles. The molecule has 1 atom stereocenters. The van der Waals surface area contributed by atoms with Gasteiger partial charge in [0.25, 0.3) is 0 Å². The third-order valence-corrected chi connectivity index (χ3v) is 4.95. The van der Waals surface area contributed by atoms with Crippen molar-refractivity contribution in [3.05, 3.63) is 59.7 Å². The van der Waals surface area contributed by atoms with E-state index >= 15 is 0 Å². The molecule has 25 heavy (non-hydrogen) atoms. The van der Waals surface area contributed by atoms with Crippen molar-refractivity contribution in [2.45, 2.75) is 26.4 Å². The molecule has 0 radical (unpaired) electrons. The number of hydrogen-bond donors (Lipinski definition) is 1. The summed E-state index contributed by atoms with van der Waals surface area (Å²) in [7, 11) is 0. The van der Waals surface area contributed by atoms with Gasteiger partial charge in [-0.2, -0.15) is 0 Å². The molecular weight excluding hydrogens is 315 g/mol. The molecule has 1 N–H and O–H groups in total. The smallest absolute Gasteiger partial charge is 0.123 e. The molecule has 3 rings (SSSR count). The van der Waals surface area contributed by atoms with Crippen molar-refractivity contribution in [2.75, 3.05) is 37.6 Å². The van der Waals surface area contributed by atoms with Crippen LogP contribution >= 0.6 is 0 Å². The molecule has 5 heteroatoms. The van der Waals surface area contributed by atoms with Crippen molar-refractivity contribution >= 4 is 5.69 Å². The third-order valence-electron chi connectivity index (χ3n) is 4.95. The van der Waals surface area contributed by atoms with Crippen LogP contribution in [0.5, 0.6) is 0 Å². The first-order chi connectivity index (χ1) is 12.2. The van der Waals surface area contributed by atoms with Crippen LogP contribution in [0, 0.1) is 5.82 Å². The number of benzene rings is 1. The van der Waals surface area contributed by atoms with Gasteiger partial charge in [-0.05, 0) is 48.9 Å². The van der Waals surface area contributed by atoms with Crippen molar-refractivity contribution in [1.82, 2.24) is 15.2 Å². The quantitative estimate of drug-likeness (QED) is 0.873. The van der Waals surface area contributed by atoms with Crippen LogP contribution in [0.2, 0.25) is 0 Å². The molecule has 0 saturated carbocycles. The van der Waals surface area contributed by atoms with E-state index in [9.17, 15) is 4.39 Å². The maximum Gasteiger partial charge on any atom is 0.123 e. The van der Waals surface area contributed by atoms with E-state index in [-0.39, 0.29) is 11.9 Å². The second-order valence-electron chi connectivity index (χ2n) is 6.59. The fraction of sp³-hybridized carbons (Fsp3) is 0.450. The lowest BCUT2D eigenvalue weighted by molar-refractivity contribution is 0.271. The topological polar surface area (TPSA) is 31.4 Å². The molecule has 4 nitrogen and oxygen atoms in total. The number of hydrogen-bond acceptors (Lipinski definition) is 4. The van der Waals surface area contributed by atoms with Crippen LogP contribution in [0.1, 0.15) is 31.0 Å². The number of rotatable bonds is 6. The summed E-state index contributed by atoms with van der Waals surface area (Å²) in [6.45, 7) is 10.2. The van der Waals surface area contributed by atoms with Crippen LogP contribution in [0.25, 0.3) is 0 Å². The number of likely N-dealkylation sites (N-methyl/N-ethyl adjacent to an activating group) is 1. The average Bonchev–Trinajstić information content (AvgIpc) is 2.67. The average molecular weight is 342 g/mol. The lowest BCUT2D eigenvalue weighted by atomic mass is 10.0. The van der Waals surface area contributed by atoms with Crippen LogP contribution < -0.4 is 10.2 Å². The van der Waals surface area contributed by atoms with Crippen molar-refractivity contribution in [1.29, 1.82) is 0 Å². The predicted octanol–water partition coefficient (Wildman–Crippen LogP) is 3.21. The molecule has 2 aromatic rings. The summed E-state index contributed by atoms with van der Waals surface area (Å²) in [5.74, 6) is -0.180. The zero-order valence-electron chi connectivity index (χ0n) is 15.1. The number of piperazine rings is 1. The molecule has 1 aliphatic rings. The first-order valence-electron chi connectivity index (χ1n) is 9.06. The van der Waals surface area contributed by atoms with E-state index in [1.165, 1.54) is 0 Å². The minimum Gasteiger partial charge on any atom is -0.369 e. The fourth-order valence-electron chi connectivity index (χ4n) is 3.35. The van der Waals surface area contributed by atoms with E-state index in [1.807, 2.05) is 24.4 Å². The van der Waals surface area contributed by atoms with Crippen LogP contribution in [-0.4, -0.2) is 42.6 Å². The highest BCUT2D eigenvalue weighted by Gasteiger charge is 2.20. The number of anilines is 1. The number of nitrogens with one attached hydrogen (secondary N) is 1. The van der Waals surface area contributed by atoms with Gasteiger partial charge >= 0.3 is 0 Å². The fourth-order valence-corrected chi connectivity index (χ4v) is 3.35. The van der Waals surface area contributed by atoms with Gasteiger partial charge in [-0.3, -0.25) is 4.98 Å². The normalized spacial score (nSPS) is 16.8. The standard InChI is InChI=1S/C20H27FN4/c1-3-24-9-11-25(12-10-24)20-7-6-18(21)13-19(20)16(2)23-15-17-5-4-8-22-14-17/h4-8,13-14,16,23H,3,9-12,15H2,1-2H3/t16-/m1/s1. The van der Waals surface area contributed by atoms with Crippen LogP contribution in [0.3, 0.4) is 0 Å². The second kappa shape index (κ2) is 8.41. The Bertz CT molecular complexity index is 669. The third kappa shape index (κ3) is 4.55. The summed E-state index contributed by atoms with van der Waals surface area (Å²) in [6, 6.07) is 9.21. The molecule has 0 spiro atoms. The Kier molecular flexibility index (Phi) is 6.00. The van der Waals surface area contributed by atoms with E-state index in [0.29, 0.717) is 6.54 Å². The van der Waals surface area contributed by atoms with Crippen molar-refractivity contribution in [2.24, 2.45) is 0 Å². The molecule has 1 saturated heterocycles. The maximum atomic E-state index is 13.9. The lowest BCUT2D eigenvalue weighted by Gasteiger charge is -2.37. The summed E-state index contributed by atoms with van der Waals surface area (Å²) in [6.07, 6.45) is 3.63. The highest BCUT2D eigenvalue weighted by molar-refractivity contribution is 5.55. The summed E-state index contributed by atoms with van der Waals surface area (Å²) in [4.78, 5) is 8.97. The molecule has 1 aromatic heterocycles. The van der Waals surface area contributed by atoms with E-state index in [2.05, 4.69) is 33.9 Å². The molecule has 1 aromatic carbocycles. The molecule has 0 unspecified atom stereocenters. The maximum absolute atomic E-state index is 13.9. The van der Waals surface area contributed by atoms with E-state index in [0.717, 1.165) is 49.5 Å². The zero-order valence-corrected chi connectivity index (χ0v) is 15.1. The molecule has 0 bridgehead atoms. The number of nitrogens with zero attached hydrogens (tertiary/aromatic N) is 3. The summed E-state index contributed by atoms with van der Waals surface area (Å²) in [5.41, 5.74) is 3.29. The molecular formula is C20H27FN4. The monoisotopic (exact) mass is 342 g/mol. The SMILES string of the molecule is CCN1CCN(c2ccc(F)cc2[C@@H](C)NCc2cccnc2)CC1. The van der Waals surface area contributed by atoms with Crippen LogP contribution in [0.15, 0.2) is 42.7 Å². The molecule has 1 aliphatic heterocycles. The highest BCUT2D eigenvalue weighted by atomic mass is 19.1. The van der Waals surface area contributed by atoms with Gasteiger partial charge in [0, 0.05) is 56.8 Å². The molecule has 1 fully saturated rings. The number of halogens is 1. The number of aromatic nitrogens is 1. The minimum atomic E-state index is -0.180. The molecule has 2 heterocycles. The Balaban J connectivity index is 1.72. The summed E-state index contributed by atoms with van der Waals surface area (Å²) < 4.78 is 13.9. The summed E-state index contributed by atoms with van der Waals surface area (Å²) >= 11 is 0. The van der Waals surface area contributed by atoms with E-state index < -0.39 is 0 Å². The van der Waals surface area contributed by atoms with Crippen molar-refractivity contribution in [3.8, 4) is 0 Å². The van der Waals surface area contributed by atoms with Crippen LogP contribution in [-0.2, 0) is 6.54 Å². The van der Waals surface area contributed by atoms with Crippen molar-refractivity contribution in [3.63, 3.8) is 0 Å². The first-order valence-corrected chi connectivity index (χ1v) is 9.06. The summed E-state index contributed by atoms with van der Waals surface area (Å²) in [5, 5.41) is 3.50. The van der Waals surface area contributed by atoms with Gasteiger partial charge in [-0.15, -0.1) is 0 Å². The van der Waals surface area contributed by atoms with Gasteiger partial charge < -0.3 is 15.1 Å². The lowest BCUT2D eigenvalue weighted by Crippen LogP contribution is -2.46.